The Morgan fingerprint density at radius 3 is 2.52 bits per heavy atom. The van der Waals surface area contributed by atoms with Gasteiger partial charge in [-0.15, -0.1) is 0 Å². The first-order chi connectivity index (χ1) is 11.0. The van der Waals surface area contributed by atoms with E-state index >= 15 is 0 Å². The second-order valence-electron chi connectivity index (χ2n) is 4.84. The number of nitrogens with zero attached hydrogens (tertiary/aromatic N) is 1. The first kappa shape index (κ1) is 15.6. The van der Waals surface area contributed by atoms with Crippen LogP contribution in [0.1, 0.15) is 17.3 Å². The van der Waals surface area contributed by atoms with Crippen LogP contribution in [-0.2, 0) is 4.79 Å². The highest BCUT2D eigenvalue weighted by Crippen LogP contribution is 2.28. The van der Waals surface area contributed by atoms with Gasteiger partial charge in [-0.05, 0) is 42.5 Å². The van der Waals surface area contributed by atoms with Crippen LogP contribution >= 0.6 is 27.3 Å². The summed E-state index contributed by atoms with van der Waals surface area (Å²) in [6.45, 7) is 1.44. The number of hydrogen-bond donors (Lipinski definition) is 2. The van der Waals surface area contributed by atoms with Crippen molar-refractivity contribution in [3.63, 3.8) is 0 Å². The summed E-state index contributed by atoms with van der Waals surface area (Å²) in [5.74, 6) is -0.389. The summed E-state index contributed by atoms with van der Waals surface area (Å²) >= 11 is 4.83. The van der Waals surface area contributed by atoms with Crippen LogP contribution in [-0.4, -0.2) is 16.8 Å². The van der Waals surface area contributed by atoms with Crippen molar-refractivity contribution in [1.29, 1.82) is 0 Å². The minimum Gasteiger partial charge on any atom is -0.326 e. The van der Waals surface area contributed by atoms with Crippen molar-refractivity contribution in [2.24, 2.45) is 0 Å². The summed E-state index contributed by atoms with van der Waals surface area (Å²) in [5.41, 5.74) is 1.99. The van der Waals surface area contributed by atoms with Crippen molar-refractivity contribution in [2.45, 2.75) is 6.92 Å². The third-order valence-electron chi connectivity index (χ3n) is 3.04. The Labute approximate surface area is 144 Å². The second-order valence-corrected chi connectivity index (χ2v) is 6.79. The summed E-state index contributed by atoms with van der Waals surface area (Å²) in [4.78, 5) is 27.6. The summed E-state index contributed by atoms with van der Waals surface area (Å²) in [6, 6.07) is 12.5. The molecule has 2 N–H and O–H groups in total. The zero-order chi connectivity index (χ0) is 16.4. The molecule has 0 fully saturated rings. The number of rotatable bonds is 3. The molecule has 0 aliphatic heterocycles. The number of thiazole rings is 1. The van der Waals surface area contributed by atoms with Gasteiger partial charge in [0.25, 0.3) is 5.91 Å². The predicted octanol–water partition coefficient (Wildman–Crippen LogP) is 4.27. The fraction of sp³-hybridized carbons (Fsp3) is 0.0625. The first-order valence-electron chi connectivity index (χ1n) is 6.76. The summed E-state index contributed by atoms with van der Waals surface area (Å²) in [6.07, 6.45) is 0. The molecule has 0 aliphatic rings. The Bertz CT molecular complexity index is 890. The van der Waals surface area contributed by atoms with E-state index in [-0.39, 0.29) is 11.8 Å². The van der Waals surface area contributed by atoms with Crippen LogP contribution in [0.5, 0.6) is 0 Å². The fourth-order valence-corrected chi connectivity index (χ4v) is 3.44. The highest BCUT2D eigenvalue weighted by molar-refractivity contribution is 9.10. The van der Waals surface area contributed by atoms with Crippen LogP contribution in [0.4, 0.5) is 10.8 Å². The van der Waals surface area contributed by atoms with Crippen LogP contribution in [0.3, 0.4) is 0 Å². The molecule has 0 aliphatic carbocycles. The minimum absolute atomic E-state index is 0.150. The lowest BCUT2D eigenvalue weighted by Gasteiger charge is -2.04. The number of anilines is 2. The van der Waals surface area contributed by atoms with E-state index in [2.05, 4.69) is 31.5 Å². The van der Waals surface area contributed by atoms with Crippen molar-refractivity contribution in [1.82, 2.24) is 4.98 Å². The number of carbonyl (C=O) groups is 2. The van der Waals surface area contributed by atoms with Gasteiger partial charge in [0, 0.05) is 22.6 Å². The maximum Gasteiger partial charge on any atom is 0.257 e. The number of hydrogen-bond acceptors (Lipinski definition) is 4. The van der Waals surface area contributed by atoms with E-state index in [4.69, 9.17) is 0 Å². The maximum absolute atomic E-state index is 12.3. The van der Waals surface area contributed by atoms with Crippen molar-refractivity contribution < 1.29 is 9.59 Å². The fourth-order valence-electron chi connectivity index (χ4n) is 2.03. The standard InChI is InChI=1S/C16H12BrN3O2S/c1-9(21)18-12-5-2-10(3-6-12)15(22)20-16-19-13-7-4-11(17)8-14(13)23-16/h2-8H,1H3,(H,18,21)(H,19,20,22). The van der Waals surface area contributed by atoms with Crippen LogP contribution in [0.2, 0.25) is 0 Å². The molecule has 5 nitrogen and oxygen atoms in total. The minimum atomic E-state index is -0.238. The number of amides is 2. The molecule has 7 heteroatoms. The van der Waals surface area contributed by atoms with E-state index in [0.29, 0.717) is 16.4 Å². The van der Waals surface area contributed by atoms with Gasteiger partial charge in [0.1, 0.15) is 0 Å². The van der Waals surface area contributed by atoms with Gasteiger partial charge in [-0.2, -0.15) is 0 Å². The van der Waals surface area contributed by atoms with Gasteiger partial charge in [0.2, 0.25) is 5.91 Å². The van der Waals surface area contributed by atoms with Gasteiger partial charge in [0.15, 0.2) is 5.13 Å². The van der Waals surface area contributed by atoms with Gasteiger partial charge < -0.3 is 5.32 Å². The Kier molecular flexibility index (Phi) is 4.40. The lowest BCUT2D eigenvalue weighted by Crippen LogP contribution is -2.12. The predicted molar refractivity (Wildman–Crippen MR) is 96.0 cm³/mol. The Morgan fingerprint density at radius 2 is 1.83 bits per heavy atom. The zero-order valence-electron chi connectivity index (χ0n) is 12.1. The molecule has 0 radical (unpaired) electrons. The molecule has 3 aromatic rings. The first-order valence-corrected chi connectivity index (χ1v) is 8.37. The highest BCUT2D eigenvalue weighted by atomic mass is 79.9. The average Bonchev–Trinajstić information content (AvgIpc) is 2.88. The molecule has 1 heterocycles. The smallest absolute Gasteiger partial charge is 0.257 e. The number of aromatic nitrogens is 1. The van der Waals surface area contributed by atoms with Crippen molar-refractivity contribution >= 4 is 60.1 Å². The topological polar surface area (TPSA) is 71.1 Å². The summed E-state index contributed by atoms with van der Waals surface area (Å²) < 4.78 is 1.97. The van der Waals surface area contributed by atoms with E-state index in [1.165, 1.54) is 18.3 Å². The van der Waals surface area contributed by atoms with E-state index in [0.717, 1.165) is 14.7 Å². The number of fused-ring (bicyclic) bond motifs is 1. The molecule has 2 aromatic carbocycles. The van der Waals surface area contributed by atoms with Gasteiger partial charge >= 0.3 is 0 Å². The number of carbonyl (C=O) groups excluding carboxylic acids is 2. The van der Waals surface area contributed by atoms with Gasteiger partial charge in [0.05, 0.1) is 10.2 Å². The zero-order valence-corrected chi connectivity index (χ0v) is 14.5. The molecule has 1 aromatic heterocycles. The van der Waals surface area contributed by atoms with Gasteiger partial charge in [-0.3, -0.25) is 14.9 Å². The number of halogens is 1. The maximum atomic E-state index is 12.3. The molecule has 0 atom stereocenters. The summed E-state index contributed by atoms with van der Waals surface area (Å²) in [7, 11) is 0. The monoisotopic (exact) mass is 389 g/mol. The Balaban J connectivity index is 1.75. The van der Waals surface area contributed by atoms with E-state index in [9.17, 15) is 9.59 Å². The van der Waals surface area contributed by atoms with Crippen LogP contribution in [0.25, 0.3) is 10.2 Å². The van der Waals surface area contributed by atoms with E-state index in [1.807, 2.05) is 18.2 Å². The molecule has 0 unspecified atom stereocenters. The average molecular weight is 390 g/mol. The van der Waals surface area contributed by atoms with E-state index in [1.54, 1.807) is 24.3 Å². The quantitative estimate of drug-likeness (QED) is 0.702. The molecule has 23 heavy (non-hydrogen) atoms. The molecule has 0 saturated carbocycles. The lowest BCUT2D eigenvalue weighted by molar-refractivity contribution is -0.114. The number of benzene rings is 2. The lowest BCUT2D eigenvalue weighted by atomic mass is 10.2. The van der Waals surface area contributed by atoms with E-state index < -0.39 is 0 Å². The SMILES string of the molecule is CC(=O)Nc1ccc(C(=O)Nc2nc3ccc(Br)cc3s2)cc1. The van der Waals surface area contributed by atoms with Gasteiger partial charge in [-0.25, -0.2) is 4.98 Å². The van der Waals surface area contributed by atoms with Crippen LogP contribution in [0, 0.1) is 0 Å². The third kappa shape index (κ3) is 3.75. The molecular weight excluding hydrogens is 378 g/mol. The van der Waals surface area contributed by atoms with Crippen molar-refractivity contribution in [3.05, 3.63) is 52.5 Å². The largest absolute Gasteiger partial charge is 0.326 e. The molecule has 0 bridgehead atoms. The normalized spacial score (nSPS) is 10.5. The highest BCUT2D eigenvalue weighted by Gasteiger charge is 2.10. The van der Waals surface area contributed by atoms with Crippen LogP contribution < -0.4 is 10.6 Å². The summed E-state index contributed by atoms with van der Waals surface area (Å²) in [5, 5.41) is 6.00. The molecular formula is C16H12BrN3O2S. The van der Waals surface area contributed by atoms with Crippen molar-refractivity contribution in [3.8, 4) is 0 Å². The van der Waals surface area contributed by atoms with Gasteiger partial charge in [-0.1, -0.05) is 27.3 Å². The Morgan fingerprint density at radius 1 is 1.09 bits per heavy atom. The molecule has 116 valence electrons. The van der Waals surface area contributed by atoms with Crippen LogP contribution in [0.15, 0.2) is 46.9 Å². The molecule has 2 amide bonds. The second kappa shape index (κ2) is 6.47. The Hall–Kier alpha value is -2.25. The molecule has 0 saturated heterocycles. The van der Waals surface area contributed by atoms with Crippen molar-refractivity contribution in [2.75, 3.05) is 10.6 Å². The number of nitrogens with one attached hydrogen (secondary N) is 2. The third-order valence-corrected chi connectivity index (χ3v) is 4.47. The molecule has 0 spiro atoms. The molecule has 3 rings (SSSR count).